The van der Waals surface area contributed by atoms with Gasteiger partial charge in [0.05, 0.1) is 27.6 Å². The number of alkyl halides is 3. The number of carbonyl (C=O) groups is 1. The molecule has 0 atom stereocenters. The summed E-state index contributed by atoms with van der Waals surface area (Å²) < 4.78 is 40.4. The summed E-state index contributed by atoms with van der Waals surface area (Å²) in [5, 5.41) is 22.5. The molecule has 31 heavy (non-hydrogen) atoms. The first-order valence-electron chi connectivity index (χ1n) is 8.54. The van der Waals surface area contributed by atoms with E-state index in [1.165, 1.54) is 11.5 Å². The van der Waals surface area contributed by atoms with E-state index < -0.39 is 22.4 Å². The predicted octanol–water partition coefficient (Wildman–Crippen LogP) is 4.64. The van der Waals surface area contributed by atoms with Crippen molar-refractivity contribution >= 4 is 35.0 Å². The Balaban J connectivity index is 2.07. The number of nitrogens with one attached hydrogen (secondary N) is 1. The minimum atomic E-state index is -4.72. The van der Waals surface area contributed by atoms with E-state index in [0.29, 0.717) is 22.6 Å². The van der Waals surface area contributed by atoms with E-state index in [-0.39, 0.29) is 22.5 Å². The molecule has 13 heteroatoms. The second-order valence-electron chi connectivity index (χ2n) is 6.16. The Kier molecular flexibility index (Phi) is 6.51. The molecule has 0 saturated heterocycles. The molecule has 0 aliphatic carbocycles. The Hall–Kier alpha value is -3.12. The molecule has 0 unspecified atom stereocenters. The van der Waals surface area contributed by atoms with Crippen molar-refractivity contribution in [2.75, 3.05) is 0 Å². The zero-order valence-corrected chi connectivity index (χ0v) is 17.3. The quantitative estimate of drug-likeness (QED) is 0.415. The zero-order chi connectivity index (χ0) is 22.8. The highest BCUT2D eigenvalue weighted by Gasteiger charge is 2.33. The summed E-state index contributed by atoms with van der Waals surface area (Å²) in [6.07, 6.45) is -4.72. The van der Waals surface area contributed by atoms with E-state index in [0.717, 1.165) is 23.9 Å². The van der Waals surface area contributed by atoms with Crippen LogP contribution in [-0.4, -0.2) is 25.6 Å². The Morgan fingerprint density at radius 2 is 2.00 bits per heavy atom. The molecule has 3 rings (SSSR count). The maximum Gasteiger partial charge on any atom is 0.416 e. The summed E-state index contributed by atoms with van der Waals surface area (Å²) in [5.41, 5.74) is -1.34. The van der Waals surface area contributed by atoms with E-state index in [9.17, 15) is 28.1 Å². The van der Waals surface area contributed by atoms with Gasteiger partial charge in [-0.25, -0.2) is 0 Å². The Labute approximate surface area is 182 Å². The first kappa shape index (κ1) is 22.6. The molecule has 3 aromatic rings. The van der Waals surface area contributed by atoms with Crippen LogP contribution in [0.4, 0.5) is 18.9 Å². The summed E-state index contributed by atoms with van der Waals surface area (Å²) in [7, 11) is 0. The lowest BCUT2D eigenvalue weighted by Crippen LogP contribution is -2.21. The number of aromatic nitrogens is 3. The van der Waals surface area contributed by atoms with Crippen LogP contribution in [0.15, 0.2) is 52.5 Å². The van der Waals surface area contributed by atoms with Crippen molar-refractivity contribution in [1.82, 2.24) is 20.1 Å². The first-order valence-corrected chi connectivity index (χ1v) is 9.74. The number of hydrogen-bond acceptors (Lipinski definition) is 6. The van der Waals surface area contributed by atoms with Gasteiger partial charge in [-0.15, -0.1) is 10.2 Å². The number of amides is 1. The Morgan fingerprint density at radius 3 is 2.61 bits per heavy atom. The van der Waals surface area contributed by atoms with E-state index >= 15 is 0 Å². The van der Waals surface area contributed by atoms with Gasteiger partial charge in [0.15, 0.2) is 5.82 Å². The number of nitrogens with zero attached hydrogens (tertiary/aromatic N) is 4. The van der Waals surface area contributed by atoms with Crippen LogP contribution in [-0.2, 0) is 17.5 Å². The van der Waals surface area contributed by atoms with Crippen molar-refractivity contribution in [2.45, 2.75) is 29.7 Å². The molecule has 1 heterocycles. The molecule has 0 radical (unpaired) electrons. The second kappa shape index (κ2) is 8.94. The first-order chi connectivity index (χ1) is 14.6. The molecule has 0 fully saturated rings. The molecule has 8 nitrogen and oxygen atoms in total. The molecule has 1 amide bonds. The molecule has 1 N–H and O–H groups in total. The number of nitro benzene ring substituents is 1. The van der Waals surface area contributed by atoms with Crippen LogP contribution in [0.2, 0.25) is 5.02 Å². The fourth-order valence-corrected chi connectivity index (χ4v) is 3.72. The number of rotatable bonds is 6. The molecule has 0 bridgehead atoms. The number of hydrogen-bond donors (Lipinski definition) is 1. The lowest BCUT2D eigenvalue weighted by molar-refractivity contribution is -0.388. The topological polar surface area (TPSA) is 103 Å². The van der Waals surface area contributed by atoms with E-state index in [1.807, 2.05) is 0 Å². The van der Waals surface area contributed by atoms with Crippen LogP contribution in [0, 0.1) is 10.1 Å². The minimum Gasteiger partial charge on any atom is -0.349 e. The molecular weight excluding hydrogens is 459 g/mol. The van der Waals surface area contributed by atoms with Gasteiger partial charge < -0.3 is 5.32 Å². The maximum absolute atomic E-state index is 13.0. The van der Waals surface area contributed by atoms with Crippen LogP contribution in [0.3, 0.4) is 0 Å². The van der Waals surface area contributed by atoms with E-state index in [1.54, 1.807) is 24.3 Å². The lowest BCUT2D eigenvalue weighted by atomic mass is 10.2. The molecule has 2 aromatic carbocycles. The van der Waals surface area contributed by atoms with Crippen molar-refractivity contribution < 1.29 is 22.9 Å². The van der Waals surface area contributed by atoms with Gasteiger partial charge in [0.2, 0.25) is 11.1 Å². The number of nitro groups is 1. The third kappa shape index (κ3) is 5.33. The van der Waals surface area contributed by atoms with Crippen molar-refractivity contribution in [3.8, 4) is 5.69 Å². The average Bonchev–Trinajstić information content (AvgIpc) is 3.08. The van der Waals surface area contributed by atoms with Gasteiger partial charge in [-0.2, -0.15) is 13.2 Å². The summed E-state index contributed by atoms with van der Waals surface area (Å²) in [6.45, 7) is 1.33. The number of halogens is 4. The van der Waals surface area contributed by atoms with Crippen molar-refractivity contribution in [1.29, 1.82) is 0 Å². The number of carbonyl (C=O) groups excluding carboxylic acids is 1. The summed E-state index contributed by atoms with van der Waals surface area (Å²) in [5.74, 6) is -0.0113. The molecule has 162 valence electrons. The van der Waals surface area contributed by atoms with Crippen molar-refractivity contribution in [2.24, 2.45) is 0 Å². The van der Waals surface area contributed by atoms with Gasteiger partial charge in [0.25, 0.3) is 5.69 Å². The van der Waals surface area contributed by atoms with Gasteiger partial charge >= 0.3 is 6.18 Å². The van der Waals surface area contributed by atoms with Gasteiger partial charge in [0.1, 0.15) is 0 Å². The Morgan fingerprint density at radius 1 is 1.26 bits per heavy atom. The van der Waals surface area contributed by atoms with Crippen LogP contribution in [0.25, 0.3) is 5.69 Å². The Bertz CT molecular complexity index is 1150. The highest BCUT2D eigenvalue weighted by Crippen LogP contribution is 2.39. The lowest BCUT2D eigenvalue weighted by Gasteiger charge is -2.12. The monoisotopic (exact) mass is 471 g/mol. The molecular formula is C18H13ClF3N5O3S. The predicted molar refractivity (Wildman–Crippen MR) is 106 cm³/mol. The van der Waals surface area contributed by atoms with Gasteiger partial charge in [-0.3, -0.25) is 19.5 Å². The van der Waals surface area contributed by atoms with Crippen LogP contribution in [0.5, 0.6) is 0 Å². The SMILES string of the molecule is CC(=O)NCc1nnc(Sc2ccc(C(F)(F)F)cc2[N+](=O)[O-])n1-c1cccc(Cl)c1. The normalized spacial score (nSPS) is 11.4. The smallest absolute Gasteiger partial charge is 0.349 e. The van der Waals surface area contributed by atoms with Gasteiger partial charge in [0, 0.05) is 18.0 Å². The van der Waals surface area contributed by atoms with Crippen molar-refractivity contribution in [3.05, 3.63) is 69.0 Å². The molecule has 0 aliphatic rings. The van der Waals surface area contributed by atoms with Crippen molar-refractivity contribution in [3.63, 3.8) is 0 Å². The van der Waals surface area contributed by atoms with Gasteiger partial charge in [-0.1, -0.05) is 17.7 Å². The van der Waals surface area contributed by atoms with Gasteiger partial charge in [-0.05, 0) is 42.1 Å². The third-order valence-electron chi connectivity index (χ3n) is 3.95. The van der Waals surface area contributed by atoms with Crippen LogP contribution >= 0.6 is 23.4 Å². The molecule has 1 aromatic heterocycles. The van der Waals surface area contributed by atoms with Crippen LogP contribution < -0.4 is 5.32 Å². The molecule has 0 saturated carbocycles. The maximum atomic E-state index is 13.0. The third-order valence-corrected chi connectivity index (χ3v) is 5.19. The summed E-state index contributed by atoms with van der Waals surface area (Å²) >= 11 is 6.82. The second-order valence-corrected chi connectivity index (χ2v) is 7.61. The highest BCUT2D eigenvalue weighted by molar-refractivity contribution is 7.99. The van der Waals surface area contributed by atoms with E-state index in [4.69, 9.17) is 11.6 Å². The highest BCUT2D eigenvalue weighted by atomic mass is 35.5. The average molecular weight is 472 g/mol. The fourth-order valence-electron chi connectivity index (χ4n) is 2.58. The molecule has 0 aliphatic heterocycles. The minimum absolute atomic E-state index is 0.00448. The van der Waals surface area contributed by atoms with Crippen LogP contribution in [0.1, 0.15) is 18.3 Å². The zero-order valence-electron chi connectivity index (χ0n) is 15.7. The summed E-state index contributed by atoms with van der Waals surface area (Å²) in [4.78, 5) is 21.7. The summed E-state index contributed by atoms with van der Waals surface area (Å²) in [6, 6.07) is 8.81. The van der Waals surface area contributed by atoms with E-state index in [2.05, 4.69) is 15.5 Å². The molecule has 0 spiro atoms. The standard InChI is InChI=1S/C18H13ClF3N5O3S/c1-10(28)23-9-16-24-25-17(26(16)13-4-2-3-12(19)8-13)31-15-6-5-11(18(20,21)22)7-14(15)27(29)30/h2-8H,9H2,1H3,(H,23,28). The fraction of sp³-hybridized carbons (Fsp3) is 0.167. The number of benzene rings is 2. The largest absolute Gasteiger partial charge is 0.416 e.